The minimum atomic E-state index is -1.10. The normalized spacial score (nSPS) is 24.7. The van der Waals surface area contributed by atoms with Crippen molar-refractivity contribution in [2.45, 2.75) is 44.2 Å². The van der Waals surface area contributed by atoms with Gasteiger partial charge in [0.2, 0.25) is 11.8 Å². The number of hydrogen-bond donors (Lipinski definition) is 3. The summed E-state index contributed by atoms with van der Waals surface area (Å²) in [6.07, 6.45) is 0.369. The van der Waals surface area contributed by atoms with Crippen LogP contribution >= 0.6 is 0 Å². The van der Waals surface area contributed by atoms with E-state index in [4.69, 9.17) is 19.3 Å². The van der Waals surface area contributed by atoms with E-state index in [1.807, 2.05) is 18.7 Å². The van der Waals surface area contributed by atoms with Gasteiger partial charge < -0.3 is 34.9 Å². The minimum Gasteiger partial charge on any atom is -0.477 e. The van der Waals surface area contributed by atoms with Gasteiger partial charge in [0.1, 0.15) is 18.8 Å². The Morgan fingerprint density at radius 3 is 2.85 bits per heavy atom. The van der Waals surface area contributed by atoms with Gasteiger partial charge >= 0.3 is 5.97 Å². The highest BCUT2D eigenvalue weighted by Crippen LogP contribution is 2.37. The number of hydrogen-bond acceptors (Lipinski definition) is 10. The van der Waals surface area contributed by atoms with E-state index in [2.05, 4.69) is 25.8 Å². The molecule has 12 nitrogen and oxygen atoms in total. The Kier molecular flexibility index (Phi) is 5.25. The number of anilines is 3. The average Bonchev–Trinajstić information content (AvgIpc) is 3.32. The largest absolute Gasteiger partial charge is 0.477 e. The highest BCUT2D eigenvalue weighted by molar-refractivity contribution is 5.98. The van der Waals surface area contributed by atoms with E-state index in [9.17, 15) is 9.59 Å². The number of carbonyl (C=O) groups is 2. The second-order valence-corrected chi connectivity index (χ2v) is 8.62. The third kappa shape index (κ3) is 4.39. The van der Waals surface area contributed by atoms with E-state index in [0.29, 0.717) is 42.8 Å². The maximum absolute atomic E-state index is 13.0. The number of amides is 1. The van der Waals surface area contributed by atoms with E-state index in [-0.39, 0.29) is 30.4 Å². The fourth-order valence-corrected chi connectivity index (χ4v) is 4.25. The molecule has 174 valence electrons. The Hall–Kier alpha value is -3.51. The molecule has 33 heavy (non-hydrogen) atoms. The lowest BCUT2D eigenvalue weighted by atomic mass is 10.1. The minimum absolute atomic E-state index is 0.00146. The maximum atomic E-state index is 13.0. The van der Waals surface area contributed by atoms with Crippen LogP contribution in [0.1, 0.15) is 30.8 Å². The number of nitrogens with one attached hydrogen (secondary N) is 2. The van der Waals surface area contributed by atoms with Crippen molar-refractivity contribution in [2.75, 3.05) is 35.3 Å². The van der Waals surface area contributed by atoms with Gasteiger partial charge in [-0.1, -0.05) is 0 Å². The number of carboxylic acids is 1. The topological polar surface area (TPSA) is 148 Å². The first-order valence-corrected chi connectivity index (χ1v) is 10.6. The monoisotopic (exact) mass is 456 g/mol. The smallest absolute Gasteiger partial charge is 0.354 e. The van der Waals surface area contributed by atoms with E-state index >= 15 is 0 Å². The summed E-state index contributed by atoms with van der Waals surface area (Å²) in [6, 6.07) is 5.92. The molecule has 1 amide bonds. The van der Waals surface area contributed by atoms with E-state index < -0.39 is 17.8 Å². The fourth-order valence-electron chi connectivity index (χ4n) is 4.25. The maximum Gasteiger partial charge on any atom is 0.354 e. The van der Waals surface area contributed by atoms with Crippen LogP contribution in [0.3, 0.4) is 0 Å². The molecule has 3 aliphatic heterocycles. The lowest BCUT2D eigenvalue weighted by Gasteiger charge is -2.30. The van der Waals surface area contributed by atoms with Crippen molar-refractivity contribution >= 4 is 29.2 Å². The Labute approximate surface area is 189 Å². The van der Waals surface area contributed by atoms with E-state index in [1.54, 1.807) is 18.2 Å². The summed E-state index contributed by atoms with van der Waals surface area (Å²) in [6.45, 7) is 5.04. The molecule has 0 aromatic carbocycles. The van der Waals surface area contributed by atoms with E-state index in [1.165, 1.54) is 6.07 Å². The fraction of sp³-hybridized carbons (Fsp3) is 0.476. The highest BCUT2D eigenvalue weighted by Gasteiger charge is 2.42. The summed E-state index contributed by atoms with van der Waals surface area (Å²) >= 11 is 0. The predicted molar refractivity (Wildman–Crippen MR) is 115 cm³/mol. The number of ether oxygens (including phenoxy) is 3. The molecule has 0 aliphatic carbocycles. The van der Waals surface area contributed by atoms with Crippen LogP contribution in [0.15, 0.2) is 24.3 Å². The summed E-state index contributed by atoms with van der Waals surface area (Å²) in [7, 11) is 0. The third-order valence-corrected chi connectivity index (χ3v) is 5.72. The van der Waals surface area contributed by atoms with Gasteiger partial charge in [-0.3, -0.25) is 4.79 Å². The van der Waals surface area contributed by atoms with Gasteiger partial charge in [-0.25, -0.2) is 9.78 Å². The van der Waals surface area contributed by atoms with Crippen molar-refractivity contribution < 1.29 is 28.9 Å². The van der Waals surface area contributed by atoms with Crippen LogP contribution in [-0.4, -0.2) is 75.9 Å². The highest BCUT2D eigenvalue weighted by atomic mass is 16.7. The number of rotatable bonds is 6. The Morgan fingerprint density at radius 2 is 2.15 bits per heavy atom. The first kappa shape index (κ1) is 21.3. The number of pyridine rings is 1. The zero-order chi connectivity index (χ0) is 23.2. The molecule has 3 atom stereocenters. The molecule has 5 heterocycles. The Bertz CT molecular complexity index is 1080. The number of carbonyl (C=O) groups excluding carboxylic acids is 1. The zero-order valence-electron chi connectivity index (χ0n) is 18.1. The molecular formula is C21H24N6O6. The summed E-state index contributed by atoms with van der Waals surface area (Å²) in [5.41, 5.74) is 0.656. The van der Waals surface area contributed by atoms with Gasteiger partial charge in [0, 0.05) is 18.7 Å². The summed E-state index contributed by atoms with van der Waals surface area (Å²) in [4.78, 5) is 30.2. The number of aromatic carboxylic acids is 1. The van der Waals surface area contributed by atoms with Gasteiger partial charge in [-0.2, -0.15) is 0 Å². The van der Waals surface area contributed by atoms with Gasteiger partial charge in [0.05, 0.1) is 12.3 Å². The van der Waals surface area contributed by atoms with Crippen LogP contribution < -0.4 is 20.3 Å². The van der Waals surface area contributed by atoms with Crippen LogP contribution in [0.2, 0.25) is 0 Å². The molecule has 2 saturated heterocycles. The molecule has 0 radical (unpaired) electrons. The number of fused-ring (bicyclic) bond motifs is 4. The molecule has 5 rings (SSSR count). The third-order valence-electron chi connectivity index (χ3n) is 5.72. The van der Waals surface area contributed by atoms with Crippen molar-refractivity contribution in [2.24, 2.45) is 0 Å². The lowest BCUT2D eigenvalue weighted by molar-refractivity contribution is -0.141. The van der Waals surface area contributed by atoms with Crippen LogP contribution in [0.25, 0.3) is 0 Å². The molecule has 0 saturated carbocycles. The van der Waals surface area contributed by atoms with Crippen molar-refractivity contribution in [3.8, 4) is 5.88 Å². The second kappa shape index (κ2) is 8.12. The first-order valence-electron chi connectivity index (χ1n) is 10.6. The summed E-state index contributed by atoms with van der Waals surface area (Å²) in [5.74, 6) is -0.836. The van der Waals surface area contributed by atoms with Crippen LogP contribution in [0, 0.1) is 0 Å². The lowest BCUT2D eigenvalue weighted by Crippen LogP contribution is -2.41. The van der Waals surface area contributed by atoms with E-state index in [0.717, 1.165) is 0 Å². The summed E-state index contributed by atoms with van der Waals surface area (Å²) < 4.78 is 16.8. The van der Waals surface area contributed by atoms with Crippen molar-refractivity contribution in [1.82, 2.24) is 15.2 Å². The Balaban J connectivity index is 1.20. The number of carboxylic acid groups (broad SMARTS) is 1. The summed E-state index contributed by atoms with van der Waals surface area (Å²) in [5, 5.41) is 23.2. The standard InChI is InChI=1S/C21H24N6O6/c1-21(2)32-10-12(33-21)9-31-17-6-5-16(25-26-17)24-19(28)15-7-11-8-27(15)14-4-3-13(20(29)30)23-18(14)22-11/h3-6,11-12,15H,7-10H2,1-2H3,(H,22,23)(H,29,30)(H,24,25,28)/t11?,12-,15?/m1/s1. The predicted octanol–water partition coefficient (Wildman–Crippen LogP) is 1.11. The molecule has 2 aromatic rings. The van der Waals surface area contributed by atoms with Crippen molar-refractivity contribution in [3.63, 3.8) is 0 Å². The van der Waals surface area contributed by atoms with Gasteiger partial charge in [-0.05, 0) is 38.5 Å². The van der Waals surface area contributed by atoms with Crippen molar-refractivity contribution in [1.29, 1.82) is 0 Å². The first-order chi connectivity index (χ1) is 15.8. The second-order valence-electron chi connectivity index (χ2n) is 8.62. The molecule has 12 heteroatoms. The molecule has 2 aromatic heterocycles. The Morgan fingerprint density at radius 1 is 1.30 bits per heavy atom. The van der Waals surface area contributed by atoms with Crippen LogP contribution in [0.5, 0.6) is 5.88 Å². The van der Waals surface area contributed by atoms with Gasteiger partial charge in [0.15, 0.2) is 23.1 Å². The molecule has 2 unspecified atom stereocenters. The van der Waals surface area contributed by atoms with Crippen LogP contribution in [0.4, 0.5) is 17.3 Å². The molecule has 2 bridgehead atoms. The molecule has 3 N–H and O–H groups in total. The quantitative estimate of drug-likeness (QED) is 0.574. The average molecular weight is 456 g/mol. The molecule has 2 fully saturated rings. The molecule has 0 spiro atoms. The van der Waals surface area contributed by atoms with Crippen molar-refractivity contribution in [3.05, 3.63) is 30.0 Å². The zero-order valence-corrected chi connectivity index (χ0v) is 18.1. The number of nitrogens with zero attached hydrogens (tertiary/aromatic N) is 4. The molecule has 3 aliphatic rings. The van der Waals surface area contributed by atoms with Gasteiger partial charge in [0.25, 0.3) is 0 Å². The SMILES string of the molecule is CC1(C)OC[C@@H](COc2ccc(NC(=O)C3CC4CN3c3ccc(C(=O)O)nc3N4)nn2)O1. The number of aromatic nitrogens is 3. The molecular weight excluding hydrogens is 432 g/mol. The van der Waals surface area contributed by atoms with Gasteiger partial charge in [-0.15, -0.1) is 10.2 Å². The van der Waals surface area contributed by atoms with Crippen LogP contribution in [-0.2, 0) is 14.3 Å².